The maximum absolute atomic E-state index is 11.3. The molecule has 2 rings (SSSR count). The van der Waals surface area contributed by atoms with Crippen LogP contribution >= 0.6 is 11.8 Å². The van der Waals surface area contributed by atoms with Crippen LogP contribution in [0.3, 0.4) is 0 Å². The van der Waals surface area contributed by atoms with Crippen LogP contribution in [0.1, 0.15) is 22.9 Å². The van der Waals surface area contributed by atoms with E-state index in [4.69, 9.17) is 4.42 Å². The van der Waals surface area contributed by atoms with E-state index >= 15 is 0 Å². The van der Waals surface area contributed by atoms with Crippen molar-refractivity contribution in [3.05, 3.63) is 47.3 Å². The van der Waals surface area contributed by atoms with Crippen molar-refractivity contribution in [2.75, 3.05) is 5.75 Å². The summed E-state index contributed by atoms with van der Waals surface area (Å²) in [5, 5.41) is 9.83. The fourth-order valence-corrected chi connectivity index (χ4v) is 2.68. The summed E-state index contributed by atoms with van der Waals surface area (Å²) in [6, 6.07) is 9.21. The summed E-state index contributed by atoms with van der Waals surface area (Å²) in [5.41, 5.74) is 1.64. The van der Waals surface area contributed by atoms with Crippen molar-refractivity contribution in [3.63, 3.8) is 0 Å². The van der Waals surface area contributed by atoms with E-state index in [1.807, 2.05) is 44.2 Å². The van der Waals surface area contributed by atoms with Gasteiger partial charge in [-0.15, -0.1) is 0 Å². The average molecular weight is 277 g/mol. The number of thioether (sulfide) groups is 1. The molecule has 0 aliphatic rings. The Morgan fingerprint density at radius 1 is 1.37 bits per heavy atom. The molecule has 1 heterocycles. The standard InChI is InChI=1S/C14H15NO3S/c1-9-10(2)18-14(15-9)19-8-12(13(16)17)11-6-4-3-5-7-11/h3-7,12H,8H2,1-2H3,(H,16,17). The highest BCUT2D eigenvalue weighted by molar-refractivity contribution is 7.99. The molecule has 0 spiro atoms. The van der Waals surface area contributed by atoms with Crippen molar-refractivity contribution < 1.29 is 14.3 Å². The third-order valence-electron chi connectivity index (χ3n) is 2.88. The van der Waals surface area contributed by atoms with Crippen LogP contribution < -0.4 is 0 Å². The number of aryl methyl sites for hydroxylation is 2. The van der Waals surface area contributed by atoms with Crippen LogP contribution in [-0.4, -0.2) is 21.8 Å². The Morgan fingerprint density at radius 3 is 2.58 bits per heavy atom. The van der Waals surface area contributed by atoms with Gasteiger partial charge >= 0.3 is 5.97 Å². The second kappa shape index (κ2) is 5.93. The lowest BCUT2D eigenvalue weighted by molar-refractivity contribution is -0.138. The van der Waals surface area contributed by atoms with E-state index in [0.717, 1.165) is 17.0 Å². The molecule has 5 heteroatoms. The van der Waals surface area contributed by atoms with Crippen LogP contribution in [0.25, 0.3) is 0 Å². The fourth-order valence-electron chi connectivity index (χ4n) is 1.66. The normalized spacial score (nSPS) is 12.3. The summed E-state index contributed by atoms with van der Waals surface area (Å²) in [5.74, 6) is -0.217. The van der Waals surface area contributed by atoms with Crippen molar-refractivity contribution in [3.8, 4) is 0 Å². The SMILES string of the molecule is Cc1nc(SCC(C(=O)O)c2ccccc2)oc1C. The smallest absolute Gasteiger partial charge is 0.311 e. The molecule has 4 nitrogen and oxygen atoms in total. The number of hydrogen-bond acceptors (Lipinski definition) is 4. The largest absolute Gasteiger partial charge is 0.481 e. The maximum Gasteiger partial charge on any atom is 0.311 e. The minimum atomic E-state index is -0.835. The lowest BCUT2D eigenvalue weighted by atomic mass is 10.0. The number of aromatic nitrogens is 1. The van der Waals surface area contributed by atoms with E-state index in [9.17, 15) is 9.90 Å². The molecule has 1 unspecified atom stereocenters. The average Bonchev–Trinajstić information content (AvgIpc) is 2.70. The molecule has 1 atom stereocenters. The first-order valence-electron chi connectivity index (χ1n) is 5.92. The Labute approximate surface area is 115 Å². The number of carbonyl (C=O) groups is 1. The van der Waals surface area contributed by atoms with Gasteiger partial charge in [0.25, 0.3) is 5.22 Å². The van der Waals surface area contributed by atoms with Crippen molar-refractivity contribution in [2.24, 2.45) is 0 Å². The fraction of sp³-hybridized carbons (Fsp3) is 0.286. The minimum Gasteiger partial charge on any atom is -0.481 e. The summed E-state index contributed by atoms with van der Waals surface area (Å²) in [4.78, 5) is 15.6. The number of carboxylic acids is 1. The van der Waals surface area contributed by atoms with Crippen molar-refractivity contribution in [2.45, 2.75) is 25.0 Å². The summed E-state index contributed by atoms with van der Waals surface area (Å²) in [7, 11) is 0. The van der Waals surface area contributed by atoms with E-state index in [1.165, 1.54) is 11.8 Å². The molecule has 0 radical (unpaired) electrons. The third-order valence-corrected chi connectivity index (χ3v) is 3.80. The Morgan fingerprint density at radius 2 is 2.05 bits per heavy atom. The van der Waals surface area contributed by atoms with E-state index in [2.05, 4.69) is 4.98 Å². The number of nitrogens with zero attached hydrogens (tertiary/aromatic N) is 1. The number of benzene rings is 1. The minimum absolute atomic E-state index is 0.402. The molecular weight excluding hydrogens is 262 g/mol. The van der Waals surface area contributed by atoms with Crippen LogP contribution in [0.2, 0.25) is 0 Å². The Kier molecular flexibility index (Phi) is 4.27. The summed E-state index contributed by atoms with van der Waals surface area (Å²) >= 11 is 1.33. The Balaban J connectivity index is 2.08. The predicted molar refractivity (Wildman–Crippen MR) is 73.5 cm³/mol. The lowest BCUT2D eigenvalue weighted by Gasteiger charge is -2.10. The van der Waals surface area contributed by atoms with E-state index in [0.29, 0.717) is 11.0 Å². The molecule has 0 aliphatic heterocycles. The van der Waals surface area contributed by atoms with E-state index in [1.54, 1.807) is 0 Å². The van der Waals surface area contributed by atoms with Gasteiger partial charge in [-0.2, -0.15) is 0 Å². The van der Waals surface area contributed by atoms with Gasteiger partial charge in [0, 0.05) is 5.75 Å². The van der Waals surface area contributed by atoms with Crippen molar-refractivity contribution in [1.82, 2.24) is 4.98 Å². The zero-order chi connectivity index (χ0) is 13.8. The monoisotopic (exact) mass is 277 g/mol. The first kappa shape index (κ1) is 13.7. The molecule has 19 heavy (non-hydrogen) atoms. The zero-order valence-corrected chi connectivity index (χ0v) is 11.6. The van der Waals surface area contributed by atoms with Gasteiger partial charge in [-0.3, -0.25) is 4.79 Å². The second-order valence-electron chi connectivity index (χ2n) is 4.23. The number of aliphatic carboxylic acids is 1. The molecule has 0 fully saturated rings. The van der Waals surface area contributed by atoms with Crippen molar-refractivity contribution >= 4 is 17.7 Å². The van der Waals surface area contributed by atoms with Crippen LogP contribution in [0, 0.1) is 13.8 Å². The summed E-state index contributed by atoms with van der Waals surface area (Å²) < 4.78 is 5.44. The zero-order valence-electron chi connectivity index (χ0n) is 10.8. The van der Waals surface area contributed by atoms with Crippen LogP contribution in [0.15, 0.2) is 40.0 Å². The Bertz CT molecular complexity index is 546. The molecule has 0 saturated carbocycles. The highest BCUT2D eigenvalue weighted by Gasteiger charge is 2.21. The maximum atomic E-state index is 11.3. The van der Waals surface area contributed by atoms with Gasteiger partial charge in [0.15, 0.2) is 0 Å². The van der Waals surface area contributed by atoms with Gasteiger partial charge in [-0.1, -0.05) is 42.1 Å². The molecule has 1 aromatic carbocycles. The number of hydrogen-bond donors (Lipinski definition) is 1. The highest BCUT2D eigenvalue weighted by atomic mass is 32.2. The topological polar surface area (TPSA) is 63.3 Å². The van der Waals surface area contributed by atoms with Gasteiger partial charge in [-0.25, -0.2) is 4.98 Å². The number of carboxylic acid groups (broad SMARTS) is 1. The first-order valence-corrected chi connectivity index (χ1v) is 6.91. The van der Waals surface area contributed by atoms with Gasteiger partial charge in [0.1, 0.15) is 5.76 Å². The molecular formula is C14H15NO3S. The van der Waals surface area contributed by atoms with E-state index < -0.39 is 11.9 Å². The highest BCUT2D eigenvalue weighted by Crippen LogP contribution is 2.27. The van der Waals surface area contributed by atoms with Crippen LogP contribution in [-0.2, 0) is 4.79 Å². The van der Waals surface area contributed by atoms with Crippen LogP contribution in [0.4, 0.5) is 0 Å². The Hall–Kier alpha value is -1.75. The molecule has 0 amide bonds. The van der Waals surface area contributed by atoms with Crippen LogP contribution in [0.5, 0.6) is 0 Å². The summed E-state index contributed by atoms with van der Waals surface area (Å²) in [6.45, 7) is 3.72. The van der Waals surface area contributed by atoms with Gasteiger partial charge in [-0.05, 0) is 19.4 Å². The lowest BCUT2D eigenvalue weighted by Crippen LogP contribution is -2.14. The third kappa shape index (κ3) is 3.38. The van der Waals surface area contributed by atoms with Gasteiger partial charge in [0.05, 0.1) is 11.6 Å². The van der Waals surface area contributed by atoms with Gasteiger partial charge < -0.3 is 9.52 Å². The summed E-state index contributed by atoms with van der Waals surface area (Å²) in [6.07, 6.45) is 0. The molecule has 1 aromatic heterocycles. The number of rotatable bonds is 5. The molecule has 0 aliphatic carbocycles. The quantitative estimate of drug-likeness (QED) is 0.850. The van der Waals surface area contributed by atoms with Gasteiger partial charge in [0.2, 0.25) is 0 Å². The molecule has 100 valence electrons. The molecule has 0 bridgehead atoms. The predicted octanol–water partition coefficient (Wildman–Crippen LogP) is 3.25. The first-order chi connectivity index (χ1) is 9.08. The molecule has 2 aromatic rings. The second-order valence-corrected chi connectivity index (χ2v) is 5.21. The molecule has 1 N–H and O–H groups in total. The van der Waals surface area contributed by atoms with E-state index in [-0.39, 0.29) is 0 Å². The van der Waals surface area contributed by atoms with Crippen molar-refractivity contribution in [1.29, 1.82) is 0 Å². The molecule has 0 saturated heterocycles. The number of oxazole rings is 1.